The van der Waals surface area contributed by atoms with Crippen LogP contribution in [0.1, 0.15) is 43.7 Å². The quantitative estimate of drug-likeness (QED) is 0.831. The van der Waals surface area contributed by atoms with Crippen molar-refractivity contribution in [1.29, 1.82) is 0 Å². The fraction of sp³-hybridized carbons (Fsp3) is 0.600. The number of rotatable bonds is 1. The van der Waals surface area contributed by atoms with Crippen LogP contribution in [0, 0.1) is 5.92 Å². The summed E-state index contributed by atoms with van der Waals surface area (Å²) in [6.45, 7) is 4.09. The van der Waals surface area contributed by atoms with Crippen molar-refractivity contribution in [2.75, 3.05) is 0 Å². The van der Waals surface area contributed by atoms with Gasteiger partial charge in [-0.1, -0.05) is 13.8 Å². The van der Waals surface area contributed by atoms with Crippen LogP contribution in [0.2, 0.25) is 0 Å². The van der Waals surface area contributed by atoms with E-state index in [1.165, 1.54) is 0 Å². The number of nitrogens with zero attached hydrogens (tertiary/aromatic N) is 1. The first kappa shape index (κ1) is 14.0. The van der Waals surface area contributed by atoms with E-state index >= 15 is 0 Å². The Morgan fingerprint density at radius 3 is 2.74 bits per heavy atom. The van der Waals surface area contributed by atoms with Crippen LogP contribution < -0.4 is 11.3 Å². The Morgan fingerprint density at radius 1 is 1.42 bits per heavy atom. The summed E-state index contributed by atoms with van der Waals surface area (Å²) in [7, 11) is 1.75. The van der Waals surface area contributed by atoms with Gasteiger partial charge in [-0.25, -0.2) is 0 Å². The molecule has 0 spiro atoms. The van der Waals surface area contributed by atoms with Gasteiger partial charge in [-0.05, 0) is 36.3 Å². The Balaban J connectivity index is 2.54. The summed E-state index contributed by atoms with van der Waals surface area (Å²) in [6, 6.07) is 1.30. The lowest BCUT2D eigenvalue weighted by Gasteiger charge is -2.29. The highest BCUT2D eigenvalue weighted by molar-refractivity contribution is 5.87. The number of carbonyl (C=O) groups excluding carboxylic acids is 1. The molecule has 1 aliphatic carbocycles. The minimum absolute atomic E-state index is 0.000491. The van der Waals surface area contributed by atoms with Gasteiger partial charge in [0.2, 0.25) is 0 Å². The van der Waals surface area contributed by atoms with Crippen molar-refractivity contribution in [2.24, 2.45) is 18.7 Å². The lowest BCUT2D eigenvalue weighted by Crippen LogP contribution is -2.39. The van der Waals surface area contributed by atoms with E-state index in [9.17, 15) is 9.59 Å². The third-order valence-corrected chi connectivity index (χ3v) is 4.34. The molecule has 1 aromatic heterocycles. The van der Waals surface area contributed by atoms with Gasteiger partial charge in [0, 0.05) is 25.2 Å². The fourth-order valence-electron chi connectivity index (χ4n) is 3.06. The Kier molecular flexibility index (Phi) is 3.90. The number of fused-ring (bicyclic) bond motifs is 1. The molecule has 4 heteroatoms. The highest BCUT2D eigenvalue weighted by Crippen LogP contribution is 2.32. The zero-order chi connectivity index (χ0) is 14.2. The van der Waals surface area contributed by atoms with Crippen LogP contribution in [-0.4, -0.2) is 16.4 Å². The van der Waals surface area contributed by atoms with Gasteiger partial charge in [-0.2, -0.15) is 0 Å². The number of Topliss-reactive ketones (excluding diaryl/α,β-unsaturated/α-hetero) is 1. The third-order valence-electron chi connectivity index (χ3n) is 4.34. The number of nitrogens with two attached hydrogens (primary N) is 1. The van der Waals surface area contributed by atoms with Crippen LogP contribution >= 0.6 is 0 Å². The van der Waals surface area contributed by atoms with Crippen LogP contribution in [-0.2, 0) is 18.3 Å². The van der Waals surface area contributed by atoms with E-state index in [-0.39, 0.29) is 23.2 Å². The average Bonchev–Trinajstić information content (AvgIpc) is 2.38. The molecule has 0 radical (unpaired) electrons. The number of hydrogen-bond acceptors (Lipinski definition) is 3. The van der Waals surface area contributed by atoms with E-state index in [2.05, 4.69) is 6.92 Å². The number of ketones is 1. The van der Waals surface area contributed by atoms with E-state index < -0.39 is 6.04 Å². The highest BCUT2D eigenvalue weighted by atomic mass is 16.1. The monoisotopic (exact) mass is 262 g/mol. The molecule has 1 heterocycles. The van der Waals surface area contributed by atoms with Gasteiger partial charge in [0.15, 0.2) is 5.78 Å². The van der Waals surface area contributed by atoms with Crippen LogP contribution in [0.4, 0.5) is 0 Å². The first-order valence-electron chi connectivity index (χ1n) is 6.94. The predicted octanol–water partition coefficient (Wildman–Crippen LogP) is 1.36. The van der Waals surface area contributed by atoms with Crippen LogP contribution in [0.25, 0.3) is 0 Å². The second kappa shape index (κ2) is 5.29. The molecule has 19 heavy (non-hydrogen) atoms. The molecule has 0 aromatic carbocycles. The lowest BCUT2D eigenvalue weighted by molar-refractivity contribution is -0.125. The van der Waals surface area contributed by atoms with Gasteiger partial charge < -0.3 is 10.3 Å². The highest BCUT2D eigenvalue weighted by Gasteiger charge is 2.32. The van der Waals surface area contributed by atoms with E-state index in [0.717, 1.165) is 17.5 Å². The molecule has 2 N–H and O–H groups in total. The summed E-state index contributed by atoms with van der Waals surface area (Å²) in [5, 5.41) is 0. The Hall–Kier alpha value is -1.42. The topological polar surface area (TPSA) is 65.1 Å². The molecule has 0 aliphatic heterocycles. The zero-order valence-corrected chi connectivity index (χ0v) is 11.8. The van der Waals surface area contributed by atoms with Crippen LogP contribution in [0.15, 0.2) is 17.1 Å². The lowest BCUT2D eigenvalue weighted by atomic mass is 9.76. The van der Waals surface area contributed by atoms with Gasteiger partial charge in [-0.3, -0.25) is 9.59 Å². The summed E-state index contributed by atoms with van der Waals surface area (Å²) >= 11 is 0. The SMILES string of the molecule is CCC1C(=O)C(N)CCc2cc(=O)n(C)cc2C1C. The van der Waals surface area contributed by atoms with Crippen molar-refractivity contribution < 1.29 is 4.79 Å². The Morgan fingerprint density at radius 2 is 2.11 bits per heavy atom. The standard InChI is InChI=1S/C15H22N2O2/c1-4-11-9(2)12-8-17(3)14(18)7-10(12)5-6-13(16)15(11)19/h7-9,11,13H,4-6,16H2,1-3H3. The number of carbonyl (C=O) groups is 1. The number of aryl methyl sites for hydroxylation is 2. The largest absolute Gasteiger partial charge is 0.321 e. The maximum atomic E-state index is 12.3. The maximum absolute atomic E-state index is 12.3. The molecule has 2 rings (SSSR count). The molecule has 3 unspecified atom stereocenters. The molecule has 4 nitrogen and oxygen atoms in total. The summed E-state index contributed by atoms with van der Waals surface area (Å²) in [4.78, 5) is 24.1. The predicted molar refractivity (Wildman–Crippen MR) is 75.2 cm³/mol. The molecule has 0 amide bonds. The summed E-state index contributed by atoms with van der Waals surface area (Å²) < 4.78 is 1.59. The molecule has 104 valence electrons. The normalized spacial score (nSPS) is 27.6. The van der Waals surface area contributed by atoms with Gasteiger partial charge >= 0.3 is 0 Å². The molecular formula is C15H22N2O2. The van der Waals surface area contributed by atoms with Gasteiger partial charge in [0.05, 0.1) is 6.04 Å². The molecule has 1 aromatic rings. The number of hydrogen-bond donors (Lipinski definition) is 1. The average molecular weight is 262 g/mol. The summed E-state index contributed by atoms with van der Waals surface area (Å²) in [5.41, 5.74) is 8.14. The third kappa shape index (κ3) is 2.50. The molecule has 1 aliphatic rings. The molecule has 0 saturated carbocycles. The number of pyridine rings is 1. The molecular weight excluding hydrogens is 240 g/mol. The maximum Gasteiger partial charge on any atom is 0.250 e. The minimum atomic E-state index is -0.399. The summed E-state index contributed by atoms with van der Waals surface area (Å²) in [6.07, 6.45) is 4.01. The van der Waals surface area contributed by atoms with Crippen molar-refractivity contribution >= 4 is 5.78 Å². The minimum Gasteiger partial charge on any atom is -0.321 e. The van der Waals surface area contributed by atoms with Gasteiger partial charge in [0.25, 0.3) is 5.56 Å². The Labute approximate surface area is 113 Å². The van der Waals surface area contributed by atoms with Gasteiger partial charge in [0.1, 0.15) is 0 Å². The number of aromatic nitrogens is 1. The van der Waals surface area contributed by atoms with E-state index in [1.807, 2.05) is 13.1 Å². The molecule has 0 fully saturated rings. The van der Waals surface area contributed by atoms with Crippen molar-refractivity contribution in [2.45, 2.75) is 45.1 Å². The van der Waals surface area contributed by atoms with Crippen molar-refractivity contribution in [1.82, 2.24) is 4.57 Å². The van der Waals surface area contributed by atoms with Gasteiger partial charge in [-0.15, -0.1) is 0 Å². The Bertz CT molecular complexity index is 548. The zero-order valence-electron chi connectivity index (χ0n) is 11.8. The van der Waals surface area contributed by atoms with Crippen molar-refractivity contribution in [3.63, 3.8) is 0 Å². The summed E-state index contributed by atoms with van der Waals surface area (Å²) in [5.74, 6) is 0.228. The second-order valence-electron chi connectivity index (χ2n) is 5.55. The van der Waals surface area contributed by atoms with Crippen LogP contribution in [0.5, 0.6) is 0 Å². The second-order valence-corrected chi connectivity index (χ2v) is 5.55. The van der Waals surface area contributed by atoms with Crippen molar-refractivity contribution in [3.8, 4) is 0 Å². The van der Waals surface area contributed by atoms with E-state index in [0.29, 0.717) is 12.8 Å². The molecule has 3 atom stereocenters. The van der Waals surface area contributed by atoms with E-state index in [4.69, 9.17) is 5.73 Å². The molecule has 0 bridgehead atoms. The van der Waals surface area contributed by atoms with E-state index in [1.54, 1.807) is 17.7 Å². The first-order chi connectivity index (χ1) is 8.95. The fourth-order valence-corrected chi connectivity index (χ4v) is 3.06. The smallest absolute Gasteiger partial charge is 0.250 e. The van der Waals surface area contributed by atoms with Crippen molar-refractivity contribution in [3.05, 3.63) is 33.7 Å². The first-order valence-corrected chi connectivity index (χ1v) is 6.94. The van der Waals surface area contributed by atoms with Crippen LogP contribution in [0.3, 0.4) is 0 Å². The molecule has 0 saturated heterocycles.